The van der Waals surface area contributed by atoms with Gasteiger partial charge >= 0.3 is 0 Å². The lowest BCUT2D eigenvalue weighted by Crippen LogP contribution is -2.01. The predicted molar refractivity (Wildman–Crippen MR) is 68.0 cm³/mol. The summed E-state index contributed by atoms with van der Waals surface area (Å²) in [5.74, 6) is -0.412. The number of benzene rings is 1. The molecule has 90 valence electrons. The molecule has 0 spiro atoms. The van der Waals surface area contributed by atoms with E-state index in [1.807, 2.05) is 6.20 Å². The van der Waals surface area contributed by atoms with Crippen LogP contribution in [0.5, 0.6) is 0 Å². The molecule has 17 heavy (non-hydrogen) atoms. The van der Waals surface area contributed by atoms with Crippen molar-refractivity contribution in [1.82, 2.24) is 15.0 Å². The Kier molecular flexibility index (Phi) is 4.12. The minimum atomic E-state index is -0.412. The summed E-state index contributed by atoms with van der Waals surface area (Å²) >= 11 is 9.20. The Hall–Kier alpha value is -0.940. The molecule has 0 atom stereocenters. The van der Waals surface area contributed by atoms with E-state index < -0.39 is 5.82 Å². The van der Waals surface area contributed by atoms with Gasteiger partial charge in [-0.05, 0) is 11.6 Å². The molecule has 0 radical (unpaired) electrons. The maximum absolute atomic E-state index is 13.2. The fraction of sp³-hybridized carbons (Fsp3) is 0.273. The minimum Gasteiger partial charge on any atom is -0.248 e. The van der Waals surface area contributed by atoms with Crippen LogP contribution in [0.4, 0.5) is 4.39 Å². The molecule has 0 saturated carbocycles. The molecule has 0 aliphatic heterocycles. The first-order valence-corrected chi connectivity index (χ1v) is 6.58. The highest BCUT2D eigenvalue weighted by molar-refractivity contribution is 9.09. The van der Waals surface area contributed by atoms with E-state index in [4.69, 9.17) is 11.6 Å². The molecule has 3 nitrogen and oxygen atoms in total. The Morgan fingerprint density at radius 1 is 1.41 bits per heavy atom. The lowest BCUT2D eigenvalue weighted by Gasteiger charge is -2.04. The molecule has 1 aromatic heterocycles. The molecule has 1 aromatic carbocycles. The normalized spacial score (nSPS) is 10.8. The van der Waals surface area contributed by atoms with Crippen molar-refractivity contribution in [2.45, 2.75) is 13.0 Å². The van der Waals surface area contributed by atoms with Crippen LogP contribution in [0.1, 0.15) is 11.3 Å². The molecule has 0 fully saturated rings. The van der Waals surface area contributed by atoms with Crippen LogP contribution in [-0.4, -0.2) is 20.3 Å². The molecule has 0 unspecified atom stereocenters. The van der Waals surface area contributed by atoms with Crippen molar-refractivity contribution in [2.24, 2.45) is 0 Å². The van der Waals surface area contributed by atoms with Crippen LogP contribution in [0.25, 0.3) is 0 Å². The van der Waals surface area contributed by atoms with Gasteiger partial charge in [-0.1, -0.05) is 44.9 Å². The maximum atomic E-state index is 13.2. The van der Waals surface area contributed by atoms with Gasteiger partial charge < -0.3 is 0 Å². The molecule has 0 bridgehead atoms. The van der Waals surface area contributed by atoms with E-state index in [9.17, 15) is 4.39 Å². The number of hydrogen-bond acceptors (Lipinski definition) is 2. The van der Waals surface area contributed by atoms with E-state index in [2.05, 4.69) is 26.2 Å². The molecule has 1 heterocycles. The Balaban J connectivity index is 2.16. The topological polar surface area (TPSA) is 30.7 Å². The van der Waals surface area contributed by atoms with Gasteiger partial charge in [0.15, 0.2) is 0 Å². The fourth-order valence-electron chi connectivity index (χ4n) is 1.47. The van der Waals surface area contributed by atoms with Gasteiger partial charge in [0.1, 0.15) is 5.82 Å². The van der Waals surface area contributed by atoms with Gasteiger partial charge in [0.05, 0.1) is 17.3 Å². The summed E-state index contributed by atoms with van der Waals surface area (Å²) in [5.41, 5.74) is 1.59. The van der Waals surface area contributed by atoms with E-state index in [1.54, 1.807) is 16.8 Å². The van der Waals surface area contributed by atoms with Gasteiger partial charge in [0.25, 0.3) is 0 Å². The van der Waals surface area contributed by atoms with Crippen molar-refractivity contribution >= 4 is 27.5 Å². The third-order valence-electron chi connectivity index (χ3n) is 2.30. The van der Waals surface area contributed by atoms with Crippen molar-refractivity contribution in [3.8, 4) is 0 Å². The molecule has 2 rings (SSSR count). The second-order valence-corrected chi connectivity index (χ2v) is 4.73. The van der Waals surface area contributed by atoms with Gasteiger partial charge in [-0.3, -0.25) is 0 Å². The molecule has 2 aromatic rings. The molecule has 0 aliphatic rings. The molecule has 6 heteroatoms. The van der Waals surface area contributed by atoms with Gasteiger partial charge in [-0.2, -0.15) is 0 Å². The predicted octanol–water partition coefficient (Wildman–Crippen LogP) is 3.06. The number of aryl methyl sites for hydroxylation is 1. The minimum absolute atomic E-state index is 0.144. The molecule has 0 aliphatic carbocycles. The van der Waals surface area contributed by atoms with E-state index in [1.165, 1.54) is 6.07 Å². The lowest BCUT2D eigenvalue weighted by molar-refractivity contribution is 0.614. The highest BCUT2D eigenvalue weighted by Gasteiger charge is 2.07. The standard InChI is InChI=1S/C11H10BrClFN3/c12-5-4-9-7-17(16-15-9)6-8-2-1-3-10(14)11(8)13/h1-3,7H,4-6H2. The smallest absolute Gasteiger partial charge is 0.142 e. The van der Waals surface area contributed by atoms with Crippen LogP contribution in [0.3, 0.4) is 0 Å². The Bertz CT molecular complexity index is 515. The summed E-state index contributed by atoms with van der Waals surface area (Å²) in [7, 11) is 0. The fourth-order valence-corrected chi connectivity index (χ4v) is 2.06. The van der Waals surface area contributed by atoms with Crippen molar-refractivity contribution in [1.29, 1.82) is 0 Å². The van der Waals surface area contributed by atoms with Gasteiger partial charge in [-0.25, -0.2) is 9.07 Å². The van der Waals surface area contributed by atoms with Crippen LogP contribution in [-0.2, 0) is 13.0 Å². The summed E-state index contributed by atoms with van der Waals surface area (Å²) in [6, 6.07) is 4.74. The van der Waals surface area contributed by atoms with E-state index in [-0.39, 0.29) is 5.02 Å². The molecular formula is C11H10BrClFN3. The van der Waals surface area contributed by atoms with Crippen LogP contribution < -0.4 is 0 Å². The molecule has 0 saturated heterocycles. The number of aromatic nitrogens is 3. The number of alkyl halides is 1. The van der Waals surface area contributed by atoms with Gasteiger partial charge in [0.2, 0.25) is 0 Å². The lowest BCUT2D eigenvalue weighted by atomic mass is 10.2. The number of halogens is 3. The van der Waals surface area contributed by atoms with Crippen LogP contribution in [0.15, 0.2) is 24.4 Å². The zero-order valence-corrected chi connectivity index (χ0v) is 11.2. The second kappa shape index (κ2) is 5.60. The summed E-state index contributed by atoms with van der Waals surface area (Å²) in [6.45, 7) is 0.422. The average Bonchev–Trinajstić information content (AvgIpc) is 2.73. The quantitative estimate of drug-likeness (QED) is 0.811. The van der Waals surface area contributed by atoms with Crippen LogP contribution in [0, 0.1) is 5.82 Å². The first-order valence-electron chi connectivity index (χ1n) is 5.08. The van der Waals surface area contributed by atoms with E-state index >= 15 is 0 Å². The summed E-state index contributed by atoms with van der Waals surface area (Å²) in [5, 5.41) is 8.95. The van der Waals surface area contributed by atoms with Gasteiger partial charge in [0, 0.05) is 17.9 Å². The Morgan fingerprint density at radius 3 is 3.00 bits per heavy atom. The number of rotatable bonds is 4. The number of nitrogens with zero attached hydrogens (tertiary/aromatic N) is 3. The first-order chi connectivity index (χ1) is 8.20. The molecule has 0 N–H and O–H groups in total. The largest absolute Gasteiger partial charge is 0.248 e. The molecular weight excluding hydrogens is 308 g/mol. The molecule has 0 amide bonds. The first kappa shape index (κ1) is 12.5. The zero-order chi connectivity index (χ0) is 12.3. The van der Waals surface area contributed by atoms with Crippen molar-refractivity contribution in [2.75, 3.05) is 5.33 Å². The van der Waals surface area contributed by atoms with E-state index in [0.29, 0.717) is 12.1 Å². The van der Waals surface area contributed by atoms with Crippen molar-refractivity contribution in [3.05, 3.63) is 46.5 Å². The monoisotopic (exact) mass is 317 g/mol. The maximum Gasteiger partial charge on any atom is 0.142 e. The summed E-state index contributed by atoms with van der Waals surface area (Å²) in [4.78, 5) is 0. The third kappa shape index (κ3) is 3.04. The van der Waals surface area contributed by atoms with Gasteiger partial charge in [-0.15, -0.1) is 5.10 Å². The Labute approximate surface area is 112 Å². The van der Waals surface area contributed by atoms with Crippen molar-refractivity contribution in [3.63, 3.8) is 0 Å². The van der Waals surface area contributed by atoms with Crippen molar-refractivity contribution < 1.29 is 4.39 Å². The van der Waals surface area contributed by atoms with Crippen LogP contribution in [0.2, 0.25) is 5.02 Å². The highest BCUT2D eigenvalue weighted by Crippen LogP contribution is 2.20. The highest BCUT2D eigenvalue weighted by atomic mass is 79.9. The Morgan fingerprint density at radius 2 is 2.24 bits per heavy atom. The number of hydrogen-bond donors (Lipinski definition) is 0. The average molecular weight is 319 g/mol. The summed E-state index contributed by atoms with van der Waals surface area (Å²) in [6.07, 6.45) is 2.65. The second-order valence-electron chi connectivity index (χ2n) is 3.56. The van der Waals surface area contributed by atoms with Crippen LogP contribution >= 0.6 is 27.5 Å². The third-order valence-corrected chi connectivity index (χ3v) is 3.12. The summed E-state index contributed by atoms with van der Waals surface area (Å²) < 4.78 is 14.9. The van der Waals surface area contributed by atoms with E-state index in [0.717, 1.165) is 17.4 Å². The SMILES string of the molecule is Fc1cccc(Cn2cc(CCBr)nn2)c1Cl. The zero-order valence-electron chi connectivity index (χ0n) is 8.91.